The predicted octanol–water partition coefficient (Wildman–Crippen LogP) is 2.29. The van der Waals surface area contributed by atoms with Crippen molar-refractivity contribution in [2.45, 2.75) is 32.2 Å². The monoisotopic (exact) mass is 389 g/mol. The largest absolute Gasteiger partial charge is 0.381 e. The number of hydrogen-bond acceptors (Lipinski definition) is 3. The van der Waals surface area contributed by atoms with E-state index in [1.165, 1.54) is 25.0 Å². The molecule has 0 unspecified atom stereocenters. The number of rotatable bonds is 5. The molecule has 3 fully saturated rings. The number of ether oxygens (including phenoxy) is 1. The molecule has 7 heteroatoms. The van der Waals surface area contributed by atoms with Crippen LogP contribution in [0, 0.1) is 23.1 Å². The summed E-state index contributed by atoms with van der Waals surface area (Å²) in [5.74, 6) is 0.174. The van der Waals surface area contributed by atoms with Crippen molar-refractivity contribution in [1.29, 1.82) is 0 Å². The van der Waals surface area contributed by atoms with Gasteiger partial charge in [0.25, 0.3) is 0 Å². The topological polar surface area (TPSA) is 70.7 Å². The third kappa shape index (κ3) is 4.29. The number of likely N-dealkylation sites (tertiary alicyclic amines) is 1. The van der Waals surface area contributed by atoms with Gasteiger partial charge in [0.15, 0.2) is 0 Å². The first-order valence-electron chi connectivity index (χ1n) is 10.2. The first-order chi connectivity index (χ1) is 13.6. The highest BCUT2D eigenvalue weighted by molar-refractivity contribution is 5.82. The fraction of sp³-hybridized carbons (Fsp3) is 0.619. The molecule has 4 rings (SSSR count). The van der Waals surface area contributed by atoms with Gasteiger partial charge in [0.05, 0.1) is 5.92 Å². The molecule has 6 nitrogen and oxygen atoms in total. The van der Waals surface area contributed by atoms with Crippen LogP contribution in [0.2, 0.25) is 0 Å². The lowest BCUT2D eigenvalue weighted by Gasteiger charge is -2.37. The van der Waals surface area contributed by atoms with Gasteiger partial charge < -0.3 is 20.3 Å². The number of carbonyl (C=O) groups is 2. The number of nitrogens with one attached hydrogen (secondary N) is 2. The van der Waals surface area contributed by atoms with E-state index in [1.807, 2.05) is 0 Å². The molecule has 3 amide bonds. The molecular weight excluding hydrogens is 361 g/mol. The lowest BCUT2D eigenvalue weighted by molar-refractivity contribution is -0.129. The fourth-order valence-electron chi connectivity index (χ4n) is 4.40. The second-order valence-electron chi connectivity index (χ2n) is 8.39. The summed E-state index contributed by atoms with van der Waals surface area (Å²) in [4.78, 5) is 27.4. The van der Waals surface area contributed by atoms with Crippen molar-refractivity contribution in [1.82, 2.24) is 15.5 Å². The zero-order chi connectivity index (χ0) is 19.6. The molecular formula is C21H28FN3O3. The van der Waals surface area contributed by atoms with E-state index < -0.39 is 0 Å². The van der Waals surface area contributed by atoms with E-state index in [2.05, 4.69) is 10.6 Å². The van der Waals surface area contributed by atoms with Crippen LogP contribution in [-0.2, 0) is 16.1 Å². The molecule has 3 aliphatic rings. The van der Waals surface area contributed by atoms with Gasteiger partial charge in [0.2, 0.25) is 5.91 Å². The van der Waals surface area contributed by atoms with Gasteiger partial charge >= 0.3 is 6.03 Å². The summed E-state index contributed by atoms with van der Waals surface area (Å²) in [6.07, 6.45) is 3.97. The Labute approximate surface area is 164 Å². The van der Waals surface area contributed by atoms with Crippen LogP contribution in [0.5, 0.6) is 0 Å². The number of hydrogen-bond donors (Lipinski definition) is 2. The summed E-state index contributed by atoms with van der Waals surface area (Å²) in [7, 11) is 0. The van der Waals surface area contributed by atoms with Crippen LogP contribution in [0.3, 0.4) is 0 Å². The van der Waals surface area contributed by atoms with E-state index in [9.17, 15) is 14.0 Å². The molecule has 0 radical (unpaired) electrons. The quantitative estimate of drug-likeness (QED) is 0.812. The number of benzene rings is 1. The predicted molar refractivity (Wildman–Crippen MR) is 102 cm³/mol. The Morgan fingerprint density at radius 2 is 2.00 bits per heavy atom. The van der Waals surface area contributed by atoms with Crippen molar-refractivity contribution in [3.8, 4) is 0 Å². The van der Waals surface area contributed by atoms with Gasteiger partial charge in [-0.1, -0.05) is 12.1 Å². The van der Waals surface area contributed by atoms with Gasteiger partial charge in [0, 0.05) is 44.8 Å². The second kappa shape index (κ2) is 8.07. The van der Waals surface area contributed by atoms with E-state index in [0.29, 0.717) is 37.8 Å². The van der Waals surface area contributed by atoms with Crippen LogP contribution in [0.15, 0.2) is 24.3 Å². The first kappa shape index (κ1) is 19.2. The molecule has 2 saturated heterocycles. The Kier molecular flexibility index (Phi) is 5.53. The second-order valence-corrected chi connectivity index (χ2v) is 8.39. The average molecular weight is 389 g/mol. The van der Waals surface area contributed by atoms with Crippen LogP contribution in [0.25, 0.3) is 0 Å². The molecule has 2 aliphatic heterocycles. The molecule has 0 aromatic heterocycles. The van der Waals surface area contributed by atoms with Crippen LogP contribution in [-0.4, -0.2) is 49.7 Å². The van der Waals surface area contributed by atoms with Gasteiger partial charge in [-0.3, -0.25) is 4.79 Å². The van der Waals surface area contributed by atoms with Crippen LogP contribution in [0.1, 0.15) is 31.2 Å². The number of amides is 3. The molecule has 1 spiro atoms. The molecule has 0 bridgehead atoms. The minimum atomic E-state index is -0.318. The summed E-state index contributed by atoms with van der Waals surface area (Å²) >= 11 is 0. The normalized spacial score (nSPS) is 23.6. The maximum Gasteiger partial charge on any atom is 0.317 e. The Bertz CT molecular complexity index is 731. The average Bonchev–Trinajstić information content (AvgIpc) is 3.46. The van der Waals surface area contributed by atoms with Gasteiger partial charge in [-0.15, -0.1) is 0 Å². The number of halogens is 1. The van der Waals surface area contributed by atoms with Crippen molar-refractivity contribution >= 4 is 11.9 Å². The summed E-state index contributed by atoms with van der Waals surface area (Å²) in [6, 6.07) is 6.00. The smallest absolute Gasteiger partial charge is 0.317 e. The minimum Gasteiger partial charge on any atom is -0.381 e. The Balaban J connectivity index is 1.39. The number of carbonyl (C=O) groups excluding carboxylic acids is 2. The van der Waals surface area contributed by atoms with Crippen molar-refractivity contribution in [2.24, 2.45) is 17.3 Å². The van der Waals surface area contributed by atoms with Gasteiger partial charge in [-0.2, -0.15) is 0 Å². The molecule has 152 valence electrons. The summed E-state index contributed by atoms with van der Waals surface area (Å²) in [6.45, 7) is 3.25. The maximum absolute atomic E-state index is 13.3. The number of urea groups is 1. The molecule has 1 saturated carbocycles. The van der Waals surface area contributed by atoms with Gasteiger partial charge in [-0.05, 0) is 49.3 Å². The summed E-state index contributed by atoms with van der Waals surface area (Å²) in [5.41, 5.74) is 0.509. The maximum atomic E-state index is 13.3. The third-order valence-corrected chi connectivity index (χ3v) is 6.33. The van der Waals surface area contributed by atoms with E-state index in [-0.39, 0.29) is 35.6 Å². The third-order valence-electron chi connectivity index (χ3n) is 6.33. The van der Waals surface area contributed by atoms with Crippen LogP contribution < -0.4 is 10.6 Å². The Hall–Kier alpha value is -2.15. The lowest BCUT2D eigenvalue weighted by Crippen LogP contribution is -2.44. The Morgan fingerprint density at radius 1 is 1.21 bits per heavy atom. The van der Waals surface area contributed by atoms with Gasteiger partial charge in [0.1, 0.15) is 5.82 Å². The van der Waals surface area contributed by atoms with Crippen molar-refractivity contribution in [3.05, 3.63) is 35.6 Å². The highest BCUT2D eigenvalue weighted by Gasteiger charge is 2.51. The minimum absolute atomic E-state index is 0.0641. The van der Waals surface area contributed by atoms with E-state index >= 15 is 0 Å². The van der Waals surface area contributed by atoms with E-state index in [4.69, 9.17) is 4.74 Å². The zero-order valence-corrected chi connectivity index (χ0v) is 16.1. The summed E-state index contributed by atoms with van der Waals surface area (Å²) < 4.78 is 18.8. The Morgan fingerprint density at radius 3 is 2.71 bits per heavy atom. The molecule has 1 aromatic rings. The van der Waals surface area contributed by atoms with Crippen molar-refractivity contribution in [3.63, 3.8) is 0 Å². The van der Waals surface area contributed by atoms with Crippen molar-refractivity contribution < 1.29 is 18.7 Å². The first-order valence-corrected chi connectivity index (χ1v) is 10.2. The van der Waals surface area contributed by atoms with Crippen LogP contribution >= 0.6 is 0 Å². The summed E-state index contributed by atoms with van der Waals surface area (Å²) in [5, 5.41) is 5.97. The molecule has 2 N–H and O–H groups in total. The van der Waals surface area contributed by atoms with E-state index in [1.54, 1.807) is 17.0 Å². The van der Waals surface area contributed by atoms with Gasteiger partial charge in [-0.25, -0.2) is 9.18 Å². The highest BCUT2D eigenvalue weighted by atomic mass is 19.1. The molecule has 28 heavy (non-hydrogen) atoms. The van der Waals surface area contributed by atoms with Crippen LogP contribution in [0.4, 0.5) is 9.18 Å². The lowest BCUT2D eigenvalue weighted by atomic mass is 9.72. The van der Waals surface area contributed by atoms with Crippen molar-refractivity contribution in [2.75, 3.05) is 32.8 Å². The molecule has 1 aromatic carbocycles. The fourth-order valence-corrected chi connectivity index (χ4v) is 4.40. The SMILES string of the molecule is O=C(NCC1CC1)[C@H]1CN(C(=O)NCc2cccc(F)c2)CC12CCOCC2. The molecule has 2 heterocycles. The standard InChI is InChI=1S/C21H28FN3O3/c22-17-3-1-2-16(10-17)12-24-20(27)25-13-18(19(26)23-11-15-4-5-15)21(14-25)6-8-28-9-7-21/h1-3,10,15,18H,4-9,11-14H2,(H,23,26)(H,24,27)/t18-/m1/s1. The molecule has 1 atom stereocenters. The highest BCUT2D eigenvalue weighted by Crippen LogP contribution is 2.44. The zero-order valence-electron chi connectivity index (χ0n) is 16.1. The molecule has 1 aliphatic carbocycles. The van der Waals surface area contributed by atoms with E-state index in [0.717, 1.165) is 19.4 Å². The number of nitrogens with zero attached hydrogens (tertiary/aromatic N) is 1.